The monoisotopic (exact) mass is 300 g/mol. The quantitative estimate of drug-likeness (QED) is 0.406. The van der Waals surface area contributed by atoms with Crippen LogP contribution in [0.4, 0.5) is 0 Å². The van der Waals surface area contributed by atoms with Crippen molar-refractivity contribution >= 4 is 28.0 Å². The van der Waals surface area contributed by atoms with Crippen molar-refractivity contribution in [3.63, 3.8) is 0 Å². The molecule has 0 aliphatic heterocycles. The lowest BCUT2D eigenvalue weighted by molar-refractivity contribution is 0.112. The van der Waals surface area contributed by atoms with Gasteiger partial charge in [-0.3, -0.25) is 4.79 Å². The zero-order valence-electron chi connectivity index (χ0n) is 12.2. The highest BCUT2D eigenvalue weighted by Crippen LogP contribution is 2.35. The molecule has 3 nitrogen and oxygen atoms in total. The number of hydrogen-bond donors (Lipinski definition) is 0. The predicted molar refractivity (Wildman–Crippen MR) is 90.8 cm³/mol. The molecule has 0 amide bonds. The number of benzene rings is 3. The summed E-state index contributed by atoms with van der Waals surface area (Å²) in [6, 6.07) is 20.3. The molecule has 0 atom stereocenters. The van der Waals surface area contributed by atoms with Crippen LogP contribution in [0.25, 0.3) is 32.9 Å². The van der Waals surface area contributed by atoms with Gasteiger partial charge in [-0.1, -0.05) is 54.6 Å². The summed E-state index contributed by atoms with van der Waals surface area (Å²) in [6.45, 7) is 0. The molecule has 0 radical (unpaired) electrons. The van der Waals surface area contributed by atoms with Crippen molar-refractivity contribution in [2.45, 2.75) is 0 Å². The van der Waals surface area contributed by atoms with Crippen LogP contribution in [-0.2, 0) is 0 Å². The predicted octanol–water partition coefficient (Wildman–Crippen LogP) is 4.43. The highest BCUT2D eigenvalue weighted by molar-refractivity contribution is 6.09. The van der Waals surface area contributed by atoms with Crippen molar-refractivity contribution in [2.24, 2.45) is 0 Å². The van der Waals surface area contributed by atoms with E-state index >= 15 is 0 Å². The Balaban J connectivity index is 2.23. The van der Waals surface area contributed by atoms with Crippen molar-refractivity contribution in [1.29, 1.82) is 0 Å². The van der Waals surface area contributed by atoms with Gasteiger partial charge >= 0.3 is 5.63 Å². The topological polar surface area (TPSA) is 47.3 Å². The second-order valence-electron chi connectivity index (χ2n) is 5.34. The molecule has 23 heavy (non-hydrogen) atoms. The third-order valence-corrected chi connectivity index (χ3v) is 4.01. The Hall–Kier alpha value is -3.20. The smallest absolute Gasteiger partial charge is 0.336 e. The van der Waals surface area contributed by atoms with Crippen molar-refractivity contribution < 1.29 is 9.21 Å². The van der Waals surface area contributed by atoms with E-state index < -0.39 is 5.63 Å². The molecule has 0 aliphatic carbocycles. The van der Waals surface area contributed by atoms with Gasteiger partial charge in [-0.15, -0.1) is 0 Å². The van der Waals surface area contributed by atoms with E-state index in [2.05, 4.69) is 0 Å². The van der Waals surface area contributed by atoms with Crippen LogP contribution in [0.2, 0.25) is 0 Å². The van der Waals surface area contributed by atoms with Gasteiger partial charge in [0.15, 0.2) is 6.29 Å². The van der Waals surface area contributed by atoms with Crippen LogP contribution in [0.15, 0.2) is 75.9 Å². The molecule has 0 fully saturated rings. The molecule has 0 unspecified atom stereocenters. The van der Waals surface area contributed by atoms with Crippen LogP contribution in [0.1, 0.15) is 10.4 Å². The van der Waals surface area contributed by atoms with Crippen LogP contribution in [0, 0.1) is 0 Å². The lowest BCUT2D eigenvalue weighted by Gasteiger charge is -2.11. The van der Waals surface area contributed by atoms with Crippen LogP contribution < -0.4 is 5.63 Å². The molecule has 3 aromatic carbocycles. The molecule has 0 bridgehead atoms. The summed E-state index contributed by atoms with van der Waals surface area (Å²) < 4.78 is 5.27. The maximum atomic E-state index is 12.0. The Morgan fingerprint density at radius 2 is 1.57 bits per heavy atom. The molecule has 0 saturated carbocycles. The number of hydrogen-bond acceptors (Lipinski definition) is 3. The van der Waals surface area contributed by atoms with E-state index in [0.717, 1.165) is 33.6 Å². The van der Waals surface area contributed by atoms with E-state index in [9.17, 15) is 9.59 Å². The molecule has 0 N–H and O–H groups in total. The number of para-hydroxylation sites is 1. The Bertz CT molecular complexity index is 1110. The number of aldehydes is 1. The Labute approximate surface area is 131 Å². The van der Waals surface area contributed by atoms with Gasteiger partial charge in [0, 0.05) is 28.1 Å². The lowest BCUT2D eigenvalue weighted by Crippen LogP contribution is -2.00. The molecule has 3 heteroatoms. The van der Waals surface area contributed by atoms with Crippen molar-refractivity contribution in [3.8, 4) is 11.1 Å². The maximum Gasteiger partial charge on any atom is 0.336 e. The zero-order chi connectivity index (χ0) is 15.8. The normalized spacial score (nSPS) is 11.0. The first kappa shape index (κ1) is 13.5. The van der Waals surface area contributed by atoms with Crippen molar-refractivity contribution in [3.05, 3.63) is 82.7 Å². The van der Waals surface area contributed by atoms with E-state index in [1.54, 1.807) is 12.1 Å². The van der Waals surface area contributed by atoms with Crippen LogP contribution in [-0.4, -0.2) is 6.29 Å². The van der Waals surface area contributed by atoms with Gasteiger partial charge in [-0.05, 0) is 16.8 Å². The average Bonchev–Trinajstić information content (AvgIpc) is 2.60. The Morgan fingerprint density at radius 3 is 2.39 bits per heavy atom. The molecule has 1 heterocycles. The molecule has 4 rings (SSSR count). The summed E-state index contributed by atoms with van der Waals surface area (Å²) in [4.78, 5) is 23.5. The van der Waals surface area contributed by atoms with Crippen molar-refractivity contribution in [2.75, 3.05) is 0 Å². The molecule has 1 aromatic heterocycles. The van der Waals surface area contributed by atoms with Crippen LogP contribution >= 0.6 is 0 Å². The summed E-state index contributed by atoms with van der Waals surface area (Å²) in [7, 11) is 0. The fourth-order valence-electron chi connectivity index (χ4n) is 3.01. The largest absolute Gasteiger partial charge is 0.423 e. The summed E-state index contributed by atoms with van der Waals surface area (Å²) in [6.07, 6.45) is 0.825. The third kappa shape index (κ3) is 2.14. The first-order valence-corrected chi connectivity index (χ1v) is 7.28. The van der Waals surface area contributed by atoms with Gasteiger partial charge in [0.05, 0.1) is 0 Å². The van der Waals surface area contributed by atoms with Crippen molar-refractivity contribution in [1.82, 2.24) is 0 Å². The number of rotatable bonds is 2. The molecular weight excluding hydrogens is 288 g/mol. The molecule has 110 valence electrons. The SMILES string of the molecule is O=Cc1ccc2ccccc2c1-c1cc(=O)oc2ccccc12. The number of carbonyl (C=O) groups excluding carboxylic acids is 1. The van der Waals surface area contributed by atoms with Crippen LogP contribution in [0.3, 0.4) is 0 Å². The Kier molecular flexibility index (Phi) is 3.05. The number of fused-ring (bicyclic) bond motifs is 2. The molecule has 0 aliphatic rings. The van der Waals surface area contributed by atoms with E-state index in [1.807, 2.05) is 48.5 Å². The van der Waals surface area contributed by atoms with Gasteiger partial charge in [0.25, 0.3) is 0 Å². The highest BCUT2D eigenvalue weighted by Gasteiger charge is 2.14. The summed E-state index contributed by atoms with van der Waals surface area (Å²) in [5.74, 6) is 0. The minimum absolute atomic E-state index is 0.427. The van der Waals surface area contributed by atoms with Gasteiger partial charge in [-0.25, -0.2) is 4.79 Å². The maximum absolute atomic E-state index is 12.0. The summed E-state index contributed by atoms with van der Waals surface area (Å²) in [5.41, 5.74) is 2.13. The minimum atomic E-state index is -0.427. The van der Waals surface area contributed by atoms with Crippen LogP contribution in [0.5, 0.6) is 0 Å². The van der Waals surface area contributed by atoms with E-state index in [4.69, 9.17) is 4.42 Å². The van der Waals surface area contributed by atoms with Gasteiger partial charge in [0.1, 0.15) is 5.58 Å². The van der Waals surface area contributed by atoms with E-state index in [0.29, 0.717) is 11.1 Å². The van der Waals surface area contributed by atoms with Gasteiger partial charge in [-0.2, -0.15) is 0 Å². The molecular formula is C20H12O3. The average molecular weight is 300 g/mol. The molecule has 4 aromatic rings. The lowest BCUT2D eigenvalue weighted by atomic mass is 9.92. The highest BCUT2D eigenvalue weighted by atomic mass is 16.4. The third-order valence-electron chi connectivity index (χ3n) is 4.01. The second kappa shape index (κ2) is 5.21. The first-order chi connectivity index (χ1) is 11.3. The first-order valence-electron chi connectivity index (χ1n) is 7.28. The Morgan fingerprint density at radius 1 is 0.826 bits per heavy atom. The minimum Gasteiger partial charge on any atom is -0.423 e. The molecule has 0 spiro atoms. The summed E-state index contributed by atoms with van der Waals surface area (Å²) >= 11 is 0. The van der Waals surface area contributed by atoms with Gasteiger partial charge < -0.3 is 4.42 Å². The standard InChI is InChI=1S/C20H12O3/c21-12-14-10-9-13-5-1-2-6-15(13)20(14)17-11-19(22)23-18-8-4-3-7-16(17)18/h1-12H. The van der Waals surface area contributed by atoms with E-state index in [1.165, 1.54) is 6.07 Å². The number of carbonyl (C=O) groups is 1. The molecule has 0 saturated heterocycles. The fourth-order valence-corrected chi connectivity index (χ4v) is 3.01. The summed E-state index contributed by atoms with van der Waals surface area (Å²) in [5, 5.41) is 2.77. The fraction of sp³-hybridized carbons (Fsp3) is 0. The second-order valence-corrected chi connectivity index (χ2v) is 5.34. The van der Waals surface area contributed by atoms with E-state index in [-0.39, 0.29) is 0 Å². The van der Waals surface area contributed by atoms with Gasteiger partial charge in [0.2, 0.25) is 0 Å². The zero-order valence-corrected chi connectivity index (χ0v) is 12.2.